The van der Waals surface area contributed by atoms with Crippen molar-refractivity contribution < 1.29 is 19.0 Å². The molecule has 3 aliphatic carbocycles. The lowest BCUT2D eigenvalue weighted by Gasteiger charge is -2.60. The Kier molecular flexibility index (Phi) is 3.65. The average Bonchev–Trinajstić information content (AvgIpc) is 3.12. The van der Waals surface area contributed by atoms with E-state index in [1.54, 1.807) is 0 Å². The molecule has 0 bridgehead atoms. The predicted molar refractivity (Wildman–Crippen MR) is 92.9 cm³/mol. The van der Waals surface area contributed by atoms with E-state index in [9.17, 15) is 10.1 Å². The Balaban J connectivity index is 1.48. The van der Waals surface area contributed by atoms with Crippen molar-refractivity contribution in [3.63, 3.8) is 0 Å². The van der Waals surface area contributed by atoms with Gasteiger partial charge < -0.3 is 14.2 Å². The van der Waals surface area contributed by atoms with Gasteiger partial charge >= 0.3 is 0 Å². The molecule has 5 aliphatic rings. The lowest BCUT2D eigenvalue weighted by atomic mass is 9.44. The first-order valence-corrected chi connectivity index (χ1v) is 10.3. The fourth-order valence-electron chi connectivity index (χ4n) is 7.36. The Labute approximate surface area is 155 Å². The molecule has 5 rings (SSSR count). The fourth-order valence-corrected chi connectivity index (χ4v) is 7.36. The van der Waals surface area contributed by atoms with Gasteiger partial charge in [0, 0.05) is 23.7 Å². The fraction of sp³-hybridized carbons (Fsp3) is 0.905. The summed E-state index contributed by atoms with van der Waals surface area (Å²) in [5.74, 6) is 1.62. The molecule has 5 heteroatoms. The van der Waals surface area contributed by atoms with E-state index in [0.29, 0.717) is 49.6 Å². The summed E-state index contributed by atoms with van der Waals surface area (Å²) in [6, 6.07) is 2.46. The van der Waals surface area contributed by atoms with Gasteiger partial charge in [0.15, 0.2) is 12.1 Å². The number of carbonyl (C=O) groups is 1. The van der Waals surface area contributed by atoms with Crippen molar-refractivity contribution in [1.82, 2.24) is 0 Å². The first kappa shape index (κ1) is 17.2. The Morgan fingerprint density at radius 1 is 1.15 bits per heavy atom. The van der Waals surface area contributed by atoms with Gasteiger partial charge in [-0.2, -0.15) is 5.26 Å². The molecule has 0 aromatic heterocycles. The third-order valence-corrected chi connectivity index (χ3v) is 8.86. The number of fused-ring (bicyclic) bond motifs is 2. The van der Waals surface area contributed by atoms with Crippen molar-refractivity contribution in [2.24, 2.45) is 28.6 Å². The predicted octanol–water partition coefficient (Wildman–Crippen LogP) is 3.22. The van der Waals surface area contributed by atoms with E-state index in [1.807, 2.05) is 0 Å². The third kappa shape index (κ3) is 1.99. The maximum Gasteiger partial charge on any atom is 0.164 e. The number of ether oxygens (including phenoxy) is 3. The van der Waals surface area contributed by atoms with Crippen LogP contribution in [0.5, 0.6) is 0 Å². The highest BCUT2D eigenvalue weighted by Gasteiger charge is 2.76. The van der Waals surface area contributed by atoms with Crippen molar-refractivity contribution in [2.45, 2.75) is 76.8 Å². The molecule has 0 amide bonds. The summed E-state index contributed by atoms with van der Waals surface area (Å²) in [5.41, 5.74) is -0.224. The minimum atomic E-state index is -0.200. The first-order chi connectivity index (χ1) is 12.5. The van der Waals surface area contributed by atoms with E-state index in [-0.39, 0.29) is 28.8 Å². The zero-order valence-electron chi connectivity index (χ0n) is 15.8. The van der Waals surface area contributed by atoms with Crippen molar-refractivity contribution >= 4 is 5.78 Å². The van der Waals surface area contributed by atoms with Crippen LogP contribution in [0.4, 0.5) is 0 Å². The number of hydrogen-bond acceptors (Lipinski definition) is 5. The number of nitriles is 1. The summed E-state index contributed by atoms with van der Waals surface area (Å²) in [7, 11) is 0. The van der Waals surface area contributed by atoms with Crippen LogP contribution in [0, 0.1) is 39.9 Å². The standard InChI is InChI=1S/C21H29NO4/c1-19(18-24-11-12-25-18)7-4-15-13(14(19)6-10-22)3-9-21-17(26-21)16(23)5-8-20(15,21)2/h13-15,17-18H,3-9,11-12H2,1-2H3/t13-,14?,15-,17-,19-,20+,21-/m0/s1. The Morgan fingerprint density at radius 3 is 2.65 bits per heavy atom. The highest BCUT2D eigenvalue weighted by molar-refractivity contribution is 5.88. The third-order valence-electron chi connectivity index (χ3n) is 8.86. The van der Waals surface area contributed by atoms with Gasteiger partial charge in [0.25, 0.3) is 0 Å². The molecule has 5 nitrogen and oxygen atoms in total. The van der Waals surface area contributed by atoms with Crippen molar-refractivity contribution in [3.05, 3.63) is 0 Å². The number of carbonyl (C=O) groups excluding carboxylic acids is 1. The quantitative estimate of drug-likeness (QED) is 0.708. The van der Waals surface area contributed by atoms with Gasteiger partial charge in [0.1, 0.15) is 11.7 Å². The van der Waals surface area contributed by atoms with Crippen LogP contribution in [0.3, 0.4) is 0 Å². The summed E-state index contributed by atoms with van der Waals surface area (Å²) in [6.45, 7) is 5.96. The summed E-state index contributed by atoms with van der Waals surface area (Å²) in [4.78, 5) is 12.2. The molecule has 0 radical (unpaired) electrons. The first-order valence-electron chi connectivity index (χ1n) is 10.3. The lowest BCUT2D eigenvalue weighted by Crippen LogP contribution is -2.59. The smallest absolute Gasteiger partial charge is 0.164 e. The number of hydrogen-bond donors (Lipinski definition) is 0. The van der Waals surface area contributed by atoms with Crippen LogP contribution in [0.1, 0.15) is 58.8 Å². The molecule has 3 saturated carbocycles. The number of epoxide rings is 1. The summed E-state index contributed by atoms with van der Waals surface area (Å²) < 4.78 is 18.0. The average molecular weight is 359 g/mol. The molecule has 5 fully saturated rings. The second-order valence-corrected chi connectivity index (χ2v) is 9.67. The maximum absolute atomic E-state index is 12.2. The van der Waals surface area contributed by atoms with Crippen LogP contribution in [0.25, 0.3) is 0 Å². The molecule has 7 atom stereocenters. The molecular weight excluding hydrogens is 330 g/mol. The molecule has 0 aromatic carbocycles. The lowest BCUT2D eigenvalue weighted by molar-refractivity contribution is -0.200. The van der Waals surface area contributed by atoms with E-state index >= 15 is 0 Å². The summed E-state index contributed by atoms with van der Waals surface area (Å²) >= 11 is 0. The second kappa shape index (κ2) is 5.53. The van der Waals surface area contributed by atoms with Gasteiger partial charge in [-0.3, -0.25) is 4.79 Å². The molecule has 2 aliphatic heterocycles. The molecule has 0 N–H and O–H groups in total. The normalized spacial score (nSPS) is 53.3. The highest BCUT2D eigenvalue weighted by atomic mass is 16.7. The molecular formula is C21H29NO4. The number of ketones is 1. The van der Waals surface area contributed by atoms with Crippen molar-refractivity contribution in [3.8, 4) is 6.07 Å². The van der Waals surface area contributed by atoms with Gasteiger partial charge in [-0.05, 0) is 49.9 Å². The van der Waals surface area contributed by atoms with Gasteiger partial charge in [0.2, 0.25) is 0 Å². The largest absolute Gasteiger partial charge is 0.357 e. The molecule has 2 saturated heterocycles. The van der Waals surface area contributed by atoms with E-state index < -0.39 is 0 Å². The van der Waals surface area contributed by atoms with Crippen LogP contribution in [-0.4, -0.2) is 37.0 Å². The molecule has 26 heavy (non-hydrogen) atoms. The minimum Gasteiger partial charge on any atom is -0.357 e. The van der Waals surface area contributed by atoms with E-state index in [2.05, 4.69) is 19.9 Å². The molecule has 142 valence electrons. The van der Waals surface area contributed by atoms with Crippen LogP contribution in [0.15, 0.2) is 0 Å². The van der Waals surface area contributed by atoms with Crippen LogP contribution in [0.2, 0.25) is 0 Å². The Bertz CT molecular complexity index is 667. The second-order valence-electron chi connectivity index (χ2n) is 9.67. The minimum absolute atomic E-state index is 0.0704. The molecule has 2 heterocycles. The zero-order chi connectivity index (χ0) is 18.2. The number of rotatable bonds is 2. The van der Waals surface area contributed by atoms with Gasteiger partial charge in [0.05, 0.1) is 19.3 Å². The molecule has 1 unspecified atom stereocenters. The van der Waals surface area contributed by atoms with Gasteiger partial charge in [-0.25, -0.2) is 0 Å². The van der Waals surface area contributed by atoms with Crippen molar-refractivity contribution in [1.29, 1.82) is 5.26 Å². The summed E-state index contributed by atoms with van der Waals surface area (Å²) in [6.07, 6.45) is 5.99. The van der Waals surface area contributed by atoms with E-state index in [1.165, 1.54) is 0 Å². The molecule has 0 aromatic rings. The number of nitrogens with zero attached hydrogens (tertiary/aromatic N) is 1. The molecule has 1 spiro atoms. The Morgan fingerprint density at radius 2 is 1.92 bits per heavy atom. The van der Waals surface area contributed by atoms with Gasteiger partial charge in [-0.1, -0.05) is 13.8 Å². The Hall–Kier alpha value is -0.960. The highest BCUT2D eigenvalue weighted by Crippen LogP contribution is 2.71. The van der Waals surface area contributed by atoms with E-state index in [0.717, 1.165) is 32.1 Å². The maximum atomic E-state index is 12.2. The number of Topliss-reactive ketones (excluding diaryl/α,β-unsaturated/α-hetero) is 1. The van der Waals surface area contributed by atoms with Gasteiger partial charge in [-0.15, -0.1) is 0 Å². The monoisotopic (exact) mass is 359 g/mol. The van der Waals surface area contributed by atoms with E-state index in [4.69, 9.17) is 14.2 Å². The summed E-state index contributed by atoms with van der Waals surface area (Å²) in [5, 5.41) is 9.57. The van der Waals surface area contributed by atoms with Crippen LogP contribution >= 0.6 is 0 Å². The van der Waals surface area contributed by atoms with Crippen molar-refractivity contribution in [2.75, 3.05) is 13.2 Å². The topological polar surface area (TPSA) is 71.8 Å². The SMILES string of the molecule is C[C@]1(C2OCCO2)CC[C@H]2[C@@H](CC[C@]34O[C@H]3C(=O)CC[C@]24C)C1CC#N. The van der Waals surface area contributed by atoms with Crippen LogP contribution in [-0.2, 0) is 19.0 Å². The zero-order valence-corrected chi connectivity index (χ0v) is 15.8. The van der Waals surface area contributed by atoms with Crippen LogP contribution < -0.4 is 0 Å².